The van der Waals surface area contributed by atoms with Crippen LogP contribution in [0.25, 0.3) is 66.8 Å². The summed E-state index contributed by atoms with van der Waals surface area (Å²) in [5.74, 6) is 3.94. The van der Waals surface area contributed by atoms with Gasteiger partial charge in [0, 0.05) is 115 Å². The summed E-state index contributed by atoms with van der Waals surface area (Å²) < 4.78 is 0. The standard InChI is InChI=1S/C102H82B2N6/c1-7-26-67(27-8-1)80-38-23-39-81(68-28-9-2-10-29-68)100(80)108-92-46-21-19-44-86(92)103-88-61-89-94(62-90(88)105-91-57-76(58-95(108)98(91)103)106-63-74-50-66-49-73(74)56-75(106)51-66)110(102-84(71-34-15-5-16-35-71)42-25-43-85(102)72-36-17-6-18-37-72)97-60-79(107-77-52-64-48-65(54-77)55-78(107)53-64)59-96-99(97)104(89)87-45-20-22-47-93(87)109(96)101-82(69-30-11-3-12-31-69)40-24-41-83(101)70-32-13-4-14-33-70/h1-47,57-62,64-66,73-75,77-78,105H,48-56,63H2. The highest BCUT2D eigenvalue weighted by Crippen LogP contribution is 2.59. The molecule has 11 aliphatic rings. The van der Waals surface area contributed by atoms with Gasteiger partial charge in [0.15, 0.2) is 0 Å². The summed E-state index contributed by atoms with van der Waals surface area (Å²) in [4.78, 5) is 14.1. The third kappa shape index (κ3) is 9.63. The van der Waals surface area contributed by atoms with E-state index in [2.05, 4.69) is 351 Å². The van der Waals surface area contributed by atoms with E-state index in [0.29, 0.717) is 18.1 Å². The number of piperidine rings is 3. The number of anilines is 13. The molecule has 7 heterocycles. The Labute approximate surface area is 646 Å². The van der Waals surface area contributed by atoms with Crippen molar-refractivity contribution < 1.29 is 0 Å². The molecule has 6 nitrogen and oxygen atoms in total. The van der Waals surface area contributed by atoms with Crippen molar-refractivity contribution in [3.05, 3.63) is 322 Å². The Hall–Kier alpha value is -12.0. The van der Waals surface area contributed by atoms with E-state index in [4.69, 9.17) is 0 Å². The van der Waals surface area contributed by atoms with Crippen molar-refractivity contribution in [2.75, 3.05) is 36.4 Å². The largest absolute Gasteiger partial charge is 0.368 e. The maximum atomic E-state index is 4.52. The number of fused-ring (bicyclic) bond motifs is 10. The van der Waals surface area contributed by atoms with Crippen LogP contribution in [0.5, 0.6) is 0 Å². The number of hydrogen-bond donors (Lipinski definition) is 1. The molecule has 14 aromatic rings. The second-order valence-corrected chi connectivity index (χ2v) is 33.5. The lowest BCUT2D eigenvalue weighted by molar-refractivity contribution is 0.0900. The molecule has 7 fully saturated rings. The maximum Gasteiger partial charge on any atom is 0.252 e. The second-order valence-electron chi connectivity index (χ2n) is 33.5. The zero-order valence-corrected chi connectivity index (χ0v) is 61.7. The summed E-state index contributed by atoms with van der Waals surface area (Å²) >= 11 is 0. The zero-order valence-electron chi connectivity index (χ0n) is 61.7. The Morgan fingerprint density at radius 2 is 0.627 bits per heavy atom. The minimum atomic E-state index is -0.186. The zero-order chi connectivity index (χ0) is 71.8. The molecule has 4 saturated carbocycles. The van der Waals surface area contributed by atoms with Crippen molar-refractivity contribution in [2.45, 2.75) is 75.9 Å². The van der Waals surface area contributed by atoms with Crippen molar-refractivity contribution in [1.29, 1.82) is 0 Å². The predicted octanol–water partition coefficient (Wildman–Crippen LogP) is 21.5. The van der Waals surface area contributed by atoms with Crippen molar-refractivity contribution in [3.63, 3.8) is 0 Å². The monoisotopic (exact) mass is 1410 g/mol. The maximum absolute atomic E-state index is 4.52. The predicted molar refractivity (Wildman–Crippen MR) is 462 cm³/mol. The van der Waals surface area contributed by atoms with Gasteiger partial charge in [0.1, 0.15) is 0 Å². The molecule has 4 aliphatic carbocycles. The number of nitrogens with zero attached hydrogens (tertiary/aromatic N) is 5. The highest BCUT2D eigenvalue weighted by Gasteiger charge is 2.53. The van der Waals surface area contributed by atoms with E-state index in [1.807, 2.05) is 0 Å². The van der Waals surface area contributed by atoms with E-state index >= 15 is 0 Å². The highest BCUT2D eigenvalue weighted by atomic mass is 15.3. The SMILES string of the molecule is c1ccc(-c2cccc(-c3ccccc3)c2N2c3ccccc3B3c4cc5c(cc4Nc4cc(N6CC7CC8CC7CC6C8)cc2c43)N(c2c(-c3ccccc3)cccc2-c2ccccc2)c2cc(N3C4CC6CC(C4)CC3C6)cc3c2B5c2ccccc2N3c2c(-c3ccccc3)cccc2-c2ccccc2)cc1. The summed E-state index contributed by atoms with van der Waals surface area (Å²) in [5, 5.41) is 4.52. The van der Waals surface area contributed by atoms with Crippen molar-refractivity contribution >= 4 is 120 Å². The van der Waals surface area contributed by atoms with Crippen molar-refractivity contribution in [1.82, 2.24) is 0 Å². The number of nitrogens with one attached hydrogen (secondary N) is 1. The summed E-state index contributed by atoms with van der Waals surface area (Å²) in [7, 11) is 0. The third-order valence-electron chi connectivity index (χ3n) is 27.7. The molecule has 8 heteroatoms. The molecule has 0 radical (unpaired) electrons. The number of para-hydroxylation sites is 5. The van der Waals surface area contributed by atoms with Crippen molar-refractivity contribution in [3.8, 4) is 66.8 Å². The van der Waals surface area contributed by atoms with Crippen LogP contribution in [-0.4, -0.2) is 38.1 Å². The quantitative estimate of drug-likeness (QED) is 0.130. The van der Waals surface area contributed by atoms with Crippen LogP contribution in [0.1, 0.15) is 57.8 Å². The molecule has 14 aromatic carbocycles. The van der Waals surface area contributed by atoms with Crippen LogP contribution < -0.4 is 62.6 Å². The highest BCUT2D eigenvalue weighted by molar-refractivity contribution is 7.03. The van der Waals surface area contributed by atoms with E-state index in [-0.39, 0.29) is 13.4 Å². The fourth-order valence-corrected chi connectivity index (χ4v) is 23.5. The van der Waals surface area contributed by atoms with Crippen LogP contribution in [0.4, 0.5) is 73.9 Å². The smallest absolute Gasteiger partial charge is 0.252 e. The van der Waals surface area contributed by atoms with E-state index in [1.54, 1.807) is 0 Å². The first-order valence-corrected chi connectivity index (χ1v) is 40.7. The summed E-state index contributed by atoms with van der Waals surface area (Å²) in [6.45, 7) is 0.785. The van der Waals surface area contributed by atoms with Gasteiger partial charge in [-0.1, -0.05) is 279 Å². The molecule has 0 aromatic heterocycles. The topological polar surface area (TPSA) is 28.2 Å². The Balaban J connectivity index is 0.811. The molecule has 4 unspecified atom stereocenters. The molecule has 0 spiro atoms. The molecule has 1 N–H and O–H groups in total. The first-order valence-electron chi connectivity index (χ1n) is 40.7. The first-order chi connectivity index (χ1) is 54.5. The van der Waals surface area contributed by atoms with Gasteiger partial charge in [0.2, 0.25) is 0 Å². The average Bonchev–Trinajstić information content (AvgIpc) is 0.816. The van der Waals surface area contributed by atoms with Crippen LogP contribution in [0.3, 0.4) is 0 Å². The van der Waals surface area contributed by atoms with Gasteiger partial charge in [-0.05, 0) is 196 Å². The lowest BCUT2D eigenvalue weighted by atomic mass is 9.30. The molecular formula is C102H82B2N6. The number of benzene rings is 14. The number of rotatable bonds is 11. The van der Waals surface area contributed by atoms with E-state index in [0.717, 1.165) is 41.8 Å². The van der Waals surface area contributed by atoms with Crippen LogP contribution in [0.15, 0.2) is 322 Å². The van der Waals surface area contributed by atoms with Gasteiger partial charge in [0.25, 0.3) is 13.4 Å². The molecule has 110 heavy (non-hydrogen) atoms. The minimum Gasteiger partial charge on any atom is -0.368 e. The van der Waals surface area contributed by atoms with Gasteiger partial charge in [-0.2, -0.15) is 0 Å². The van der Waals surface area contributed by atoms with Crippen LogP contribution in [0.2, 0.25) is 0 Å². The molecule has 7 aliphatic heterocycles. The average molecular weight is 1410 g/mol. The van der Waals surface area contributed by atoms with Crippen LogP contribution in [0, 0.1) is 29.6 Å². The van der Waals surface area contributed by atoms with Gasteiger partial charge in [0.05, 0.1) is 17.1 Å². The fraction of sp³-hybridized carbons (Fsp3) is 0.176. The molecule has 7 bridgehead atoms. The first kappa shape index (κ1) is 63.0. The summed E-state index contributed by atoms with van der Waals surface area (Å²) in [6.07, 6.45) is 11.7. The normalized spacial score (nSPS) is 21.4. The molecule has 0 amide bonds. The second kappa shape index (κ2) is 24.8. The molecule has 4 atom stereocenters. The van der Waals surface area contributed by atoms with Gasteiger partial charge in [-0.3, -0.25) is 0 Å². The molecule has 526 valence electrons. The van der Waals surface area contributed by atoms with E-state index < -0.39 is 0 Å². The van der Waals surface area contributed by atoms with Gasteiger partial charge >= 0.3 is 0 Å². The molecule has 3 saturated heterocycles. The molecular weight excluding hydrogens is 1330 g/mol. The van der Waals surface area contributed by atoms with Crippen LogP contribution >= 0.6 is 0 Å². The van der Waals surface area contributed by atoms with E-state index in [1.165, 1.54) is 226 Å². The van der Waals surface area contributed by atoms with Gasteiger partial charge in [-0.15, -0.1) is 0 Å². The summed E-state index contributed by atoms with van der Waals surface area (Å²) in [6, 6.07) is 125. The Bertz CT molecular complexity index is 5830. The lowest BCUT2D eigenvalue weighted by Gasteiger charge is -2.58. The number of hydrogen-bond acceptors (Lipinski definition) is 6. The minimum absolute atomic E-state index is 0.139. The summed E-state index contributed by atoms with van der Waals surface area (Å²) in [5.41, 5.74) is 38.2. The lowest BCUT2D eigenvalue weighted by Crippen LogP contribution is -2.65. The van der Waals surface area contributed by atoms with Gasteiger partial charge < -0.3 is 29.8 Å². The fourth-order valence-electron chi connectivity index (χ4n) is 23.5. The Kier molecular flexibility index (Phi) is 14.2. The van der Waals surface area contributed by atoms with Crippen molar-refractivity contribution in [2.24, 2.45) is 29.6 Å². The Morgan fingerprint density at radius 1 is 0.255 bits per heavy atom. The van der Waals surface area contributed by atoms with Crippen LogP contribution in [-0.2, 0) is 0 Å². The molecule has 25 rings (SSSR count). The van der Waals surface area contributed by atoms with E-state index in [9.17, 15) is 0 Å². The Morgan fingerprint density at radius 3 is 1.08 bits per heavy atom. The van der Waals surface area contributed by atoms with Gasteiger partial charge in [-0.25, -0.2) is 0 Å². The third-order valence-corrected chi connectivity index (χ3v) is 27.7.